The number of fused-ring (bicyclic) bond motifs is 1. The van der Waals surface area contributed by atoms with Crippen LogP contribution in [0.2, 0.25) is 0 Å². The summed E-state index contributed by atoms with van der Waals surface area (Å²) < 4.78 is 11.4. The third kappa shape index (κ3) is 3.74. The van der Waals surface area contributed by atoms with Crippen LogP contribution in [0.3, 0.4) is 0 Å². The SMILES string of the molecule is C=C1CC[C@H]2C(C)(C)[C@@H](OC(=O)c3ccccc3)CC[C@]2(C)[C@H]1COC(C)=O. The molecule has 0 spiro atoms. The first-order valence-corrected chi connectivity index (χ1v) is 10.2. The van der Waals surface area contributed by atoms with Gasteiger partial charge in [-0.05, 0) is 49.1 Å². The molecule has 0 heterocycles. The number of hydrogen-bond donors (Lipinski definition) is 0. The molecule has 28 heavy (non-hydrogen) atoms. The zero-order chi connectivity index (χ0) is 20.5. The van der Waals surface area contributed by atoms with Gasteiger partial charge in [-0.15, -0.1) is 0 Å². The van der Waals surface area contributed by atoms with Gasteiger partial charge in [0.05, 0.1) is 12.2 Å². The highest BCUT2D eigenvalue weighted by molar-refractivity contribution is 5.89. The maximum atomic E-state index is 12.6. The van der Waals surface area contributed by atoms with Crippen molar-refractivity contribution in [3.8, 4) is 0 Å². The van der Waals surface area contributed by atoms with Crippen molar-refractivity contribution in [2.24, 2.45) is 22.7 Å². The lowest BCUT2D eigenvalue weighted by Gasteiger charge is -2.59. The number of carbonyl (C=O) groups excluding carboxylic acids is 2. The van der Waals surface area contributed by atoms with Crippen LogP contribution in [-0.2, 0) is 14.3 Å². The van der Waals surface area contributed by atoms with Gasteiger partial charge in [0.25, 0.3) is 0 Å². The summed E-state index contributed by atoms with van der Waals surface area (Å²) in [5.41, 5.74) is 1.60. The van der Waals surface area contributed by atoms with E-state index < -0.39 is 0 Å². The molecule has 4 nitrogen and oxygen atoms in total. The van der Waals surface area contributed by atoms with Gasteiger partial charge in [-0.25, -0.2) is 4.79 Å². The van der Waals surface area contributed by atoms with Crippen LogP contribution in [-0.4, -0.2) is 24.6 Å². The molecule has 4 heteroatoms. The van der Waals surface area contributed by atoms with Crippen LogP contribution in [0.1, 0.15) is 63.7 Å². The molecule has 0 radical (unpaired) electrons. The minimum atomic E-state index is -0.251. The van der Waals surface area contributed by atoms with Gasteiger partial charge in [-0.3, -0.25) is 4.79 Å². The van der Waals surface area contributed by atoms with E-state index in [1.165, 1.54) is 12.5 Å². The van der Waals surface area contributed by atoms with Gasteiger partial charge in [0, 0.05) is 18.3 Å². The lowest BCUT2D eigenvalue weighted by Crippen LogP contribution is -2.56. The van der Waals surface area contributed by atoms with Gasteiger partial charge in [-0.2, -0.15) is 0 Å². The molecule has 2 aliphatic rings. The van der Waals surface area contributed by atoms with Crippen molar-refractivity contribution in [1.82, 2.24) is 0 Å². The molecular weight excluding hydrogens is 352 g/mol. The molecule has 152 valence electrons. The van der Waals surface area contributed by atoms with Crippen LogP contribution >= 0.6 is 0 Å². The zero-order valence-electron chi connectivity index (χ0n) is 17.5. The Morgan fingerprint density at radius 1 is 1.14 bits per heavy atom. The lowest BCUT2D eigenvalue weighted by atomic mass is 9.47. The van der Waals surface area contributed by atoms with Crippen LogP contribution in [0.25, 0.3) is 0 Å². The van der Waals surface area contributed by atoms with Crippen molar-refractivity contribution in [3.63, 3.8) is 0 Å². The Labute approximate surface area is 168 Å². The molecular formula is C24H32O4. The van der Waals surface area contributed by atoms with E-state index in [-0.39, 0.29) is 34.8 Å². The zero-order valence-corrected chi connectivity index (χ0v) is 17.5. The Hall–Kier alpha value is -2.10. The maximum Gasteiger partial charge on any atom is 0.338 e. The third-order valence-corrected chi connectivity index (χ3v) is 7.22. The molecule has 0 unspecified atom stereocenters. The Bertz CT molecular complexity index is 751. The molecule has 3 rings (SSSR count). The Balaban J connectivity index is 1.80. The molecule has 0 aromatic heterocycles. The van der Waals surface area contributed by atoms with Crippen molar-refractivity contribution in [2.45, 2.75) is 59.5 Å². The summed E-state index contributed by atoms with van der Waals surface area (Å²) in [4.78, 5) is 24.0. The summed E-state index contributed by atoms with van der Waals surface area (Å²) >= 11 is 0. The van der Waals surface area contributed by atoms with Gasteiger partial charge in [0.1, 0.15) is 6.10 Å². The lowest BCUT2D eigenvalue weighted by molar-refractivity contribution is -0.153. The first-order valence-electron chi connectivity index (χ1n) is 10.2. The Morgan fingerprint density at radius 3 is 2.46 bits per heavy atom. The first kappa shape index (κ1) is 20.6. The van der Waals surface area contributed by atoms with E-state index in [0.717, 1.165) is 25.7 Å². The van der Waals surface area contributed by atoms with Crippen molar-refractivity contribution in [2.75, 3.05) is 6.61 Å². The summed E-state index contributed by atoms with van der Waals surface area (Å²) in [6, 6.07) is 9.19. The smallest absolute Gasteiger partial charge is 0.338 e. The van der Waals surface area contributed by atoms with E-state index in [2.05, 4.69) is 27.4 Å². The Morgan fingerprint density at radius 2 is 1.82 bits per heavy atom. The predicted octanol–water partition coefficient (Wildman–Crippen LogP) is 5.18. The van der Waals surface area contributed by atoms with Crippen LogP contribution < -0.4 is 0 Å². The molecule has 4 atom stereocenters. The second-order valence-electron chi connectivity index (χ2n) is 9.23. The van der Waals surface area contributed by atoms with E-state index in [0.29, 0.717) is 18.1 Å². The molecule has 0 saturated heterocycles. The summed E-state index contributed by atoms with van der Waals surface area (Å²) in [7, 11) is 0. The maximum absolute atomic E-state index is 12.6. The summed E-state index contributed by atoms with van der Waals surface area (Å²) in [6.07, 6.45) is 3.56. The molecule has 2 aliphatic carbocycles. The molecule has 2 fully saturated rings. The van der Waals surface area contributed by atoms with Gasteiger partial charge in [0.15, 0.2) is 0 Å². The van der Waals surface area contributed by atoms with Crippen molar-refractivity contribution in [3.05, 3.63) is 48.0 Å². The molecule has 0 bridgehead atoms. The predicted molar refractivity (Wildman–Crippen MR) is 109 cm³/mol. The van der Waals surface area contributed by atoms with Crippen LogP contribution in [0.5, 0.6) is 0 Å². The highest BCUT2D eigenvalue weighted by Crippen LogP contribution is 2.61. The summed E-state index contributed by atoms with van der Waals surface area (Å²) in [5, 5.41) is 0. The quantitative estimate of drug-likeness (QED) is 0.530. The van der Waals surface area contributed by atoms with Crippen molar-refractivity contribution in [1.29, 1.82) is 0 Å². The second kappa shape index (κ2) is 7.73. The first-order chi connectivity index (χ1) is 13.2. The van der Waals surface area contributed by atoms with E-state index in [1.54, 1.807) is 12.1 Å². The molecule has 2 saturated carbocycles. The van der Waals surface area contributed by atoms with E-state index >= 15 is 0 Å². The highest BCUT2D eigenvalue weighted by atomic mass is 16.5. The molecule has 1 aromatic carbocycles. The summed E-state index contributed by atoms with van der Waals surface area (Å²) in [6.45, 7) is 12.9. The monoisotopic (exact) mass is 384 g/mol. The summed E-state index contributed by atoms with van der Waals surface area (Å²) in [5.74, 6) is 0.0239. The van der Waals surface area contributed by atoms with Gasteiger partial charge < -0.3 is 9.47 Å². The molecule has 1 aromatic rings. The number of esters is 2. The van der Waals surface area contributed by atoms with Gasteiger partial charge >= 0.3 is 11.9 Å². The normalized spacial score (nSPS) is 31.6. The number of benzene rings is 1. The standard InChI is InChI=1S/C24H32O4/c1-16-11-12-20-23(3,4)21(28-22(26)18-9-7-6-8-10-18)13-14-24(20,5)19(16)15-27-17(2)25/h6-10,19-21H,1,11-15H2,2-5H3/t19-,20-,21-,24+/m0/s1. The number of carbonyl (C=O) groups is 2. The van der Waals surface area contributed by atoms with Gasteiger partial charge in [0.2, 0.25) is 0 Å². The minimum absolute atomic E-state index is 0.00998. The van der Waals surface area contributed by atoms with E-state index in [9.17, 15) is 9.59 Å². The van der Waals surface area contributed by atoms with Crippen molar-refractivity contribution < 1.29 is 19.1 Å². The number of hydrogen-bond acceptors (Lipinski definition) is 4. The number of rotatable bonds is 4. The molecule has 0 N–H and O–H groups in total. The third-order valence-electron chi connectivity index (χ3n) is 7.22. The fraction of sp³-hybridized carbons (Fsp3) is 0.583. The average molecular weight is 385 g/mol. The molecule has 0 aliphatic heterocycles. The highest BCUT2D eigenvalue weighted by Gasteiger charge is 2.57. The minimum Gasteiger partial charge on any atom is -0.465 e. The average Bonchev–Trinajstić information content (AvgIpc) is 2.64. The molecule has 0 amide bonds. The van der Waals surface area contributed by atoms with E-state index in [4.69, 9.17) is 9.47 Å². The fourth-order valence-electron chi connectivity index (χ4n) is 5.64. The van der Waals surface area contributed by atoms with Crippen LogP contribution in [0, 0.1) is 22.7 Å². The van der Waals surface area contributed by atoms with Gasteiger partial charge in [-0.1, -0.05) is 51.1 Å². The van der Waals surface area contributed by atoms with Crippen LogP contribution in [0.4, 0.5) is 0 Å². The number of ether oxygens (including phenoxy) is 2. The Kier molecular flexibility index (Phi) is 5.69. The largest absolute Gasteiger partial charge is 0.465 e. The fourth-order valence-corrected chi connectivity index (χ4v) is 5.64. The van der Waals surface area contributed by atoms with Crippen LogP contribution in [0.15, 0.2) is 42.5 Å². The topological polar surface area (TPSA) is 52.6 Å². The second-order valence-corrected chi connectivity index (χ2v) is 9.23. The van der Waals surface area contributed by atoms with Crippen molar-refractivity contribution >= 4 is 11.9 Å². The van der Waals surface area contributed by atoms with E-state index in [1.807, 2.05) is 18.2 Å².